The molecule has 76 valence electrons. The summed E-state index contributed by atoms with van der Waals surface area (Å²) in [6, 6.07) is 0. The van der Waals surface area contributed by atoms with Gasteiger partial charge >= 0.3 is 0 Å². The van der Waals surface area contributed by atoms with Crippen molar-refractivity contribution in [2.24, 2.45) is 16.3 Å². The molecule has 0 radical (unpaired) electrons. The minimum Gasteiger partial charge on any atom is -0.409 e. The number of hydrogen-bond acceptors (Lipinski definition) is 3. The summed E-state index contributed by atoms with van der Waals surface area (Å²) in [5.74, 6) is 0.363. The first-order valence-corrected chi connectivity index (χ1v) is 4.77. The van der Waals surface area contributed by atoms with Gasteiger partial charge in [-0.2, -0.15) is 0 Å². The van der Waals surface area contributed by atoms with Gasteiger partial charge in [-0.05, 0) is 31.8 Å². The van der Waals surface area contributed by atoms with Gasteiger partial charge in [0, 0.05) is 13.0 Å². The van der Waals surface area contributed by atoms with Crippen molar-refractivity contribution in [2.45, 2.75) is 26.2 Å². The summed E-state index contributed by atoms with van der Waals surface area (Å²) in [5, 5.41) is 11.5. The molecule has 13 heavy (non-hydrogen) atoms. The molecule has 1 fully saturated rings. The second kappa shape index (κ2) is 3.96. The lowest BCUT2D eigenvalue weighted by atomic mass is 10.0. The van der Waals surface area contributed by atoms with Gasteiger partial charge in [-0.15, -0.1) is 0 Å². The van der Waals surface area contributed by atoms with E-state index in [-0.39, 0.29) is 0 Å². The highest BCUT2D eigenvalue weighted by Crippen LogP contribution is 2.49. The van der Waals surface area contributed by atoms with Crippen molar-refractivity contribution in [3.05, 3.63) is 0 Å². The fourth-order valence-corrected chi connectivity index (χ4v) is 1.67. The Morgan fingerprint density at radius 1 is 1.62 bits per heavy atom. The molecule has 0 aromatic rings. The van der Waals surface area contributed by atoms with Crippen LogP contribution in [0.25, 0.3) is 0 Å². The van der Waals surface area contributed by atoms with Crippen LogP contribution in [0.3, 0.4) is 0 Å². The summed E-state index contributed by atoms with van der Waals surface area (Å²) in [4.78, 5) is 2.28. The summed E-state index contributed by atoms with van der Waals surface area (Å²) in [5.41, 5.74) is 5.80. The second-order valence-electron chi connectivity index (χ2n) is 4.10. The van der Waals surface area contributed by atoms with Gasteiger partial charge in [-0.3, -0.25) is 0 Å². The molecule has 1 rings (SSSR count). The van der Waals surface area contributed by atoms with Gasteiger partial charge in [-0.25, -0.2) is 0 Å². The molecule has 0 heterocycles. The van der Waals surface area contributed by atoms with Crippen LogP contribution in [0.4, 0.5) is 0 Å². The minimum absolute atomic E-state index is 0.307. The lowest BCUT2D eigenvalue weighted by molar-refractivity contribution is 0.273. The van der Waals surface area contributed by atoms with Crippen LogP contribution >= 0.6 is 0 Å². The van der Waals surface area contributed by atoms with E-state index in [1.54, 1.807) is 0 Å². The molecule has 4 heteroatoms. The van der Waals surface area contributed by atoms with Crippen molar-refractivity contribution >= 4 is 5.84 Å². The molecule has 0 unspecified atom stereocenters. The van der Waals surface area contributed by atoms with Crippen LogP contribution in [0, 0.1) is 5.41 Å². The van der Waals surface area contributed by atoms with Crippen molar-refractivity contribution in [1.29, 1.82) is 0 Å². The number of amidine groups is 1. The number of nitrogens with two attached hydrogens (primary N) is 1. The van der Waals surface area contributed by atoms with E-state index in [1.165, 1.54) is 12.8 Å². The third-order valence-electron chi connectivity index (χ3n) is 2.79. The normalized spacial score (nSPS) is 20.7. The van der Waals surface area contributed by atoms with Crippen molar-refractivity contribution in [1.82, 2.24) is 4.90 Å². The van der Waals surface area contributed by atoms with E-state index in [0.717, 1.165) is 19.5 Å². The van der Waals surface area contributed by atoms with E-state index in [1.807, 2.05) is 0 Å². The molecule has 1 aliphatic carbocycles. The number of hydrogen-bond donors (Lipinski definition) is 2. The molecule has 0 spiro atoms. The smallest absolute Gasteiger partial charge is 0.139 e. The van der Waals surface area contributed by atoms with E-state index in [2.05, 4.69) is 24.0 Å². The summed E-state index contributed by atoms with van der Waals surface area (Å²) in [7, 11) is 2.10. The third kappa shape index (κ3) is 2.88. The van der Waals surface area contributed by atoms with Crippen LogP contribution in [-0.2, 0) is 0 Å². The summed E-state index contributed by atoms with van der Waals surface area (Å²) >= 11 is 0. The third-order valence-corrected chi connectivity index (χ3v) is 2.79. The van der Waals surface area contributed by atoms with Gasteiger partial charge in [-0.1, -0.05) is 12.1 Å². The molecule has 0 amide bonds. The Morgan fingerprint density at radius 2 is 2.23 bits per heavy atom. The highest BCUT2D eigenvalue weighted by Gasteiger charge is 2.43. The highest BCUT2D eigenvalue weighted by atomic mass is 16.4. The van der Waals surface area contributed by atoms with Gasteiger partial charge in [0.2, 0.25) is 0 Å². The van der Waals surface area contributed by atoms with Gasteiger partial charge < -0.3 is 15.8 Å². The van der Waals surface area contributed by atoms with Crippen molar-refractivity contribution < 1.29 is 5.21 Å². The first kappa shape index (κ1) is 10.3. The van der Waals surface area contributed by atoms with Crippen LogP contribution < -0.4 is 5.73 Å². The zero-order valence-corrected chi connectivity index (χ0v) is 8.45. The predicted molar refractivity (Wildman–Crippen MR) is 52.9 cm³/mol. The van der Waals surface area contributed by atoms with Crippen LogP contribution in [0.15, 0.2) is 5.16 Å². The zero-order valence-electron chi connectivity index (χ0n) is 8.45. The zero-order chi connectivity index (χ0) is 9.90. The van der Waals surface area contributed by atoms with Crippen molar-refractivity contribution in [2.75, 3.05) is 20.1 Å². The maximum atomic E-state index is 8.47. The highest BCUT2D eigenvalue weighted by molar-refractivity contribution is 5.80. The maximum absolute atomic E-state index is 8.47. The number of rotatable bonds is 5. The van der Waals surface area contributed by atoms with Gasteiger partial charge in [0.25, 0.3) is 0 Å². The summed E-state index contributed by atoms with van der Waals surface area (Å²) < 4.78 is 0. The predicted octanol–water partition coefficient (Wildman–Crippen LogP) is 0.855. The molecule has 0 bridgehead atoms. The van der Waals surface area contributed by atoms with Crippen LogP contribution in [0.5, 0.6) is 0 Å². The van der Waals surface area contributed by atoms with E-state index < -0.39 is 0 Å². The Morgan fingerprint density at radius 3 is 2.62 bits per heavy atom. The molecule has 1 aliphatic rings. The molecule has 0 aromatic carbocycles. The van der Waals surface area contributed by atoms with Gasteiger partial charge in [0.05, 0.1) is 0 Å². The monoisotopic (exact) mass is 185 g/mol. The Hall–Kier alpha value is -0.770. The second-order valence-corrected chi connectivity index (χ2v) is 4.10. The Labute approximate surface area is 79.4 Å². The maximum Gasteiger partial charge on any atom is 0.139 e. The summed E-state index contributed by atoms with van der Waals surface area (Å²) in [6.07, 6.45) is 3.13. The van der Waals surface area contributed by atoms with Gasteiger partial charge in [0.1, 0.15) is 5.84 Å². The largest absolute Gasteiger partial charge is 0.409 e. The van der Waals surface area contributed by atoms with E-state index in [9.17, 15) is 0 Å². The molecule has 0 atom stereocenters. The SMILES string of the molecule is CCN(C)CC1(CC(N)=NO)CC1. The molecule has 1 saturated carbocycles. The van der Waals surface area contributed by atoms with E-state index in [0.29, 0.717) is 11.3 Å². The topological polar surface area (TPSA) is 61.8 Å². The minimum atomic E-state index is 0.307. The first-order valence-electron chi connectivity index (χ1n) is 4.77. The Balaban J connectivity index is 2.39. The van der Waals surface area contributed by atoms with Crippen LogP contribution in [0.2, 0.25) is 0 Å². The molecule has 4 nitrogen and oxygen atoms in total. The molecule has 0 aliphatic heterocycles. The quantitative estimate of drug-likeness (QED) is 0.289. The number of nitrogens with zero attached hydrogens (tertiary/aromatic N) is 2. The average Bonchev–Trinajstić information content (AvgIpc) is 2.84. The van der Waals surface area contributed by atoms with Crippen molar-refractivity contribution in [3.63, 3.8) is 0 Å². The molecular weight excluding hydrogens is 166 g/mol. The van der Waals surface area contributed by atoms with Gasteiger partial charge in [0.15, 0.2) is 0 Å². The Bertz CT molecular complexity index is 199. The fourth-order valence-electron chi connectivity index (χ4n) is 1.67. The molecule has 0 saturated heterocycles. The number of oxime groups is 1. The van der Waals surface area contributed by atoms with E-state index >= 15 is 0 Å². The fraction of sp³-hybridized carbons (Fsp3) is 0.889. The first-order chi connectivity index (χ1) is 6.12. The molecular formula is C9H19N3O. The average molecular weight is 185 g/mol. The van der Waals surface area contributed by atoms with Crippen LogP contribution in [-0.4, -0.2) is 36.1 Å². The van der Waals surface area contributed by atoms with Crippen LogP contribution in [0.1, 0.15) is 26.2 Å². The summed E-state index contributed by atoms with van der Waals surface area (Å²) in [6.45, 7) is 4.25. The van der Waals surface area contributed by atoms with Crippen molar-refractivity contribution in [3.8, 4) is 0 Å². The lowest BCUT2D eigenvalue weighted by Crippen LogP contribution is -2.29. The molecule has 3 N–H and O–H groups in total. The Kier molecular flexibility index (Phi) is 3.14. The van der Waals surface area contributed by atoms with E-state index in [4.69, 9.17) is 10.9 Å². The lowest BCUT2D eigenvalue weighted by Gasteiger charge is -2.21. The standard InChI is InChI=1S/C9H19N3O/c1-3-12(2)7-9(4-5-9)6-8(10)11-13/h13H,3-7H2,1-2H3,(H2,10,11). The molecule has 0 aromatic heterocycles.